The van der Waals surface area contributed by atoms with Crippen LogP contribution < -0.4 is 10.4 Å². The molecule has 19 heavy (non-hydrogen) atoms. The minimum absolute atomic E-state index is 0.485. The van der Waals surface area contributed by atoms with Crippen molar-refractivity contribution in [3.05, 3.63) is 60.7 Å². The summed E-state index contributed by atoms with van der Waals surface area (Å²) in [4.78, 5) is 0. The summed E-state index contributed by atoms with van der Waals surface area (Å²) < 4.78 is 0. The van der Waals surface area contributed by atoms with Gasteiger partial charge in [-0.2, -0.15) is 11.1 Å². The Morgan fingerprint density at radius 3 is 1.42 bits per heavy atom. The first-order chi connectivity index (χ1) is 9.06. The van der Waals surface area contributed by atoms with E-state index in [2.05, 4.69) is 81.4 Å². The van der Waals surface area contributed by atoms with Crippen LogP contribution in [0.3, 0.4) is 0 Å². The molecule has 2 heteroatoms. The molecule has 2 aromatic rings. The quantitative estimate of drug-likeness (QED) is 0.589. The van der Waals surface area contributed by atoms with Crippen molar-refractivity contribution in [1.82, 2.24) is 0 Å². The maximum atomic E-state index is 7.27. The first-order valence-corrected chi connectivity index (χ1v) is 9.95. The highest BCUT2D eigenvalue weighted by atomic mass is 35.6. The van der Waals surface area contributed by atoms with Crippen molar-refractivity contribution in [3.63, 3.8) is 0 Å². The average Bonchev–Trinajstić information content (AvgIpc) is 2.47. The van der Waals surface area contributed by atoms with E-state index in [0.29, 0.717) is 11.5 Å². The van der Waals surface area contributed by atoms with Crippen LogP contribution in [0.15, 0.2) is 60.7 Å². The second kappa shape index (κ2) is 5.94. The van der Waals surface area contributed by atoms with Crippen LogP contribution in [0.1, 0.15) is 20.8 Å². The Balaban J connectivity index is 2.57. The summed E-state index contributed by atoms with van der Waals surface area (Å²) in [6.45, 7) is 6.82. The van der Waals surface area contributed by atoms with Gasteiger partial charge in [0.15, 0.2) is 0 Å². The Morgan fingerprint density at radius 1 is 0.737 bits per heavy atom. The van der Waals surface area contributed by atoms with Crippen LogP contribution in [-0.2, 0) is 0 Å². The summed E-state index contributed by atoms with van der Waals surface area (Å²) in [6, 6.07) is 21.2. The summed E-state index contributed by atoms with van der Waals surface area (Å²) in [7, 11) is -2.20. The molecule has 1 atom stereocenters. The average molecular weight is 289 g/mol. The molecule has 0 saturated carbocycles. The predicted molar refractivity (Wildman–Crippen MR) is 88.0 cm³/mol. The van der Waals surface area contributed by atoms with Gasteiger partial charge < -0.3 is 0 Å². The molecule has 0 spiro atoms. The van der Waals surface area contributed by atoms with E-state index in [4.69, 9.17) is 11.1 Å². The molecule has 0 nitrogen and oxygen atoms in total. The molecule has 0 aliphatic carbocycles. The number of hydrogen-bond acceptors (Lipinski definition) is 0. The fraction of sp³-hybridized carbons (Fsp3) is 0.294. The van der Waals surface area contributed by atoms with Crippen molar-refractivity contribution in [3.8, 4) is 0 Å². The van der Waals surface area contributed by atoms with Crippen molar-refractivity contribution in [1.29, 1.82) is 0 Å². The maximum Gasteiger partial charge on any atom is 0.220 e. The van der Waals surface area contributed by atoms with Gasteiger partial charge in [-0.3, -0.25) is 0 Å². The highest BCUT2D eigenvalue weighted by Gasteiger charge is 2.42. The van der Waals surface area contributed by atoms with Crippen molar-refractivity contribution >= 4 is 28.8 Å². The van der Waals surface area contributed by atoms with E-state index in [9.17, 15) is 0 Å². The smallest absolute Gasteiger partial charge is 0.155 e. The van der Waals surface area contributed by atoms with Crippen LogP contribution in [0.25, 0.3) is 0 Å². The molecule has 0 fully saturated rings. The minimum atomic E-state index is -2.20. The van der Waals surface area contributed by atoms with Crippen LogP contribution in [0, 0.1) is 5.92 Å². The summed E-state index contributed by atoms with van der Waals surface area (Å²) in [6.07, 6.45) is 0. The molecular weight excluding hydrogens is 268 g/mol. The monoisotopic (exact) mass is 288 g/mol. The van der Waals surface area contributed by atoms with E-state index >= 15 is 0 Å². The molecule has 0 bridgehead atoms. The molecule has 1 unspecified atom stereocenters. The third-order valence-electron chi connectivity index (χ3n) is 4.02. The van der Waals surface area contributed by atoms with Gasteiger partial charge in [-0.05, 0) is 21.8 Å². The van der Waals surface area contributed by atoms with Gasteiger partial charge in [0.05, 0.1) is 0 Å². The van der Waals surface area contributed by atoms with E-state index < -0.39 is 7.38 Å². The van der Waals surface area contributed by atoms with Crippen molar-refractivity contribution in [2.45, 2.75) is 26.3 Å². The molecule has 100 valence electrons. The van der Waals surface area contributed by atoms with Gasteiger partial charge >= 0.3 is 0 Å². The van der Waals surface area contributed by atoms with Crippen LogP contribution in [0.5, 0.6) is 0 Å². The molecule has 2 rings (SSSR count). The predicted octanol–water partition coefficient (Wildman–Crippen LogP) is 4.03. The number of benzene rings is 2. The molecule has 0 aliphatic rings. The number of rotatable bonds is 4. The van der Waals surface area contributed by atoms with E-state index in [-0.39, 0.29) is 0 Å². The molecule has 0 amide bonds. The standard InChI is InChI=1S/C17H21ClSi/c1-14(2)15(3)19(18,16-10-6-4-7-11-16)17-12-8-5-9-13-17/h4-15H,1-3H3. The fourth-order valence-corrected chi connectivity index (χ4v) is 7.68. The summed E-state index contributed by atoms with van der Waals surface area (Å²) in [5.74, 6) is 0.574. The van der Waals surface area contributed by atoms with E-state index in [1.54, 1.807) is 0 Å². The Kier molecular flexibility index (Phi) is 4.49. The lowest BCUT2D eigenvalue weighted by molar-refractivity contribution is 0.615. The minimum Gasteiger partial charge on any atom is -0.155 e. The summed E-state index contributed by atoms with van der Waals surface area (Å²) >= 11 is 7.27. The maximum absolute atomic E-state index is 7.27. The normalized spacial score (nSPS) is 13.5. The lowest BCUT2D eigenvalue weighted by Crippen LogP contribution is -2.57. The fourth-order valence-electron chi connectivity index (χ4n) is 2.51. The lowest BCUT2D eigenvalue weighted by atomic mass is 10.1. The molecule has 0 N–H and O–H groups in total. The van der Waals surface area contributed by atoms with Crippen LogP contribution in [0.2, 0.25) is 5.54 Å². The molecule has 0 aliphatic heterocycles. The Labute approximate surface area is 122 Å². The van der Waals surface area contributed by atoms with Gasteiger partial charge in [-0.1, -0.05) is 81.4 Å². The lowest BCUT2D eigenvalue weighted by Gasteiger charge is -2.34. The van der Waals surface area contributed by atoms with Crippen LogP contribution in [0.4, 0.5) is 0 Å². The third kappa shape index (κ3) is 2.77. The van der Waals surface area contributed by atoms with E-state index in [0.717, 1.165) is 0 Å². The van der Waals surface area contributed by atoms with Crippen molar-refractivity contribution in [2.24, 2.45) is 5.92 Å². The molecular formula is C17H21ClSi. The van der Waals surface area contributed by atoms with Gasteiger partial charge in [-0.15, -0.1) is 0 Å². The molecule has 2 aromatic carbocycles. The second-order valence-electron chi connectivity index (χ2n) is 5.48. The van der Waals surface area contributed by atoms with Gasteiger partial charge in [0.2, 0.25) is 7.38 Å². The summed E-state index contributed by atoms with van der Waals surface area (Å²) in [5, 5.41) is 2.62. The number of hydrogen-bond donors (Lipinski definition) is 0. The first-order valence-electron chi connectivity index (χ1n) is 6.86. The molecule has 0 saturated heterocycles. The van der Waals surface area contributed by atoms with Gasteiger partial charge in [0.25, 0.3) is 0 Å². The topological polar surface area (TPSA) is 0 Å². The van der Waals surface area contributed by atoms with E-state index in [1.165, 1.54) is 10.4 Å². The Hall–Kier alpha value is -1.05. The van der Waals surface area contributed by atoms with Crippen molar-refractivity contribution < 1.29 is 0 Å². The second-order valence-corrected chi connectivity index (χ2v) is 10.8. The number of halogens is 1. The van der Waals surface area contributed by atoms with Gasteiger partial charge in [-0.25, -0.2) is 0 Å². The van der Waals surface area contributed by atoms with Crippen LogP contribution in [-0.4, -0.2) is 7.38 Å². The zero-order valence-corrected chi connectivity index (χ0v) is 13.6. The molecule has 0 radical (unpaired) electrons. The third-order valence-corrected chi connectivity index (χ3v) is 10.6. The van der Waals surface area contributed by atoms with Gasteiger partial charge in [0, 0.05) is 0 Å². The zero-order valence-electron chi connectivity index (χ0n) is 11.8. The largest absolute Gasteiger partial charge is 0.220 e. The summed E-state index contributed by atoms with van der Waals surface area (Å²) in [5.41, 5.74) is 0.485. The van der Waals surface area contributed by atoms with Crippen molar-refractivity contribution in [2.75, 3.05) is 0 Å². The SMILES string of the molecule is CC(C)C(C)[Si](Cl)(c1ccccc1)c1ccccc1. The Morgan fingerprint density at radius 2 is 1.11 bits per heavy atom. The molecule has 0 aromatic heterocycles. The van der Waals surface area contributed by atoms with Gasteiger partial charge in [0.1, 0.15) is 0 Å². The highest BCUT2D eigenvalue weighted by Crippen LogP contribution is 2.32. The van der Waals surface area contributed by atoms with Crippen LogP contribution >= 0.6 is 11.1 Å². The molecule has 0 heterocycles. The first kappa shape index (κ1) is 14.4. The highest BCUT2D eigenvalue weighted by molar-refractivity contribution is 7.34. The van der Waals surface area contributed by atoms with E-state index in [1.807, 2.05) is 0 Å². The zero-order chi connectivity index (χ0) is 13.9. The Bertz CT molecular complexity index is 468.